The van der Waals surface area contributed by atoms with E-state index in [9.17, 15) is 9.59 Å². The Balaban J connectivity index is 2.05. The zero-order valence-corrected chi connectivity index (χ0v) is 14.6. The smallest absolute Gasteiger partial charge is 0.307 e. The van der Waals surface area contributed by atoms with Gasteiger partial charge in [-0.3, -0.25) is 9.59 Å². The van der Waals surface area contributed by atoms with E-state index in [2.05, 4.69) is 6.92 Å². The molecule has 0 spiro atoms. The number of ether oxygens (including phenoxy) is 1. The van der Waals surface area contributed by atoms with Gasteiger partial charge in [0, 0.05) is 18.7 Å². The van der Waals surface area contributed by atoms with Crippen molar-refractivity contribution in [1.29, 1.82) is 0 Å². The van der Waals surface area contributed by atoms with E-state index >= 15 is 0 Å². The summed E-state index contributed by atoms with van der Waals surface area (Å²) in [4.78, 5) is 26.2. The fourth-order valence-corrected chi connectivity index (χ4v) is 3.28. The zero-order valence-electron chi connectivity index (χ0n) is 14.6. The van der Waals surface area contributed by atoms with Crippen molar-refractivity contribution in [2.45, 2.75) is 52.0 Å². The largest absolute Gasteiger partial charge is 0.466 e. The standard InChI is InChI=1S/C19H27NO4/c1-3-23-19(22)12-13-20(17-9-5-4-7-15(17)2)18(21)11-10-16-8-6-14-24-16/h6,8,10-11,14-15,17H,3-5,7,9,12-13H2,1-2H3/b11-10+. The Kier molecular flexibility index (Phi) is 7.09. The molecule has 1 saturated carbocycles. The molecule has 1 amide bonds. The highest BCUT2D eigenvalue weighted by molar-refractivity contribution is 5.92. The van der Waals surface area contributed by atoms with Crippen molar-refractivity contribution < 1.29 is 18.7 Å². The van der Waals surface area contributed by atoms with Crippen LogP contribution in [0.15, 0.2) is 28.9 Å². The molecule has 2 rings (SSSR count). The highest BCUT2D eigenvalue weighted by atomic mass is 16.5. The quantitative estimate of drug-likeness (QED) is 0.564. The molecule has 0 aliphatic heterocycles. The summed E-state index contributed by atoms with van der Waals surface area (Å²) in [6.45, 7) is 4.74. The Morgan fingerprint density at radius 1 is 1.38 bits per heavy atom. The molecule has 0 aromatic carbocycles. The van der Waals surface area contributed by atoms with Crippen LogP contribution in [0.4, 0.5) is 0 Å². The summed E-state index contributed by atoms with van der Waals surface area (Å²) in [6, 6.07) is 3.77. The fraction of sp³-hybridized carbons (Fsp3) is 0.579. The van der Waals surface area contributed by atoms with Gasteiger partial charge < -0.3 is 14.1 Å². The van der Waals surface area contributed by atoms with E-state index in [4.69, 9.17) is 9.15 Å². The SMILES string of the molecule is CCOC(=O)CCN(C(=O)/C=C/c1ccco1)C1CCCCC1C. The number of esters is 1. The van der Waals surface area contributed by atoms with Gasteiger partial charge in [-0.2, -0.15) is 0 Å². The molecule has 1 aromatic heterocycles. The lowest BCUT2D eigenvalue weighted by atomic mass is 9.84. The number of amides is 1. The first kappa shape index (κ1) is 18.3. The molecule has 24 heavy (non-hydrogen) atoms. The molecule has 1 aromatic rings. The van der Waals surface area contributed by atoms with Gasteiger partial charge in [0.15, 0.2) is 0 Å². The van der Waals surface area contributed by atoms with Gasteiger partial charge in [0.1, 0.15) is 5.76 Å². The molecule has 2 unspecified atom stereocenters. The number of nitrogens with zero attached hydrogens (tertiary/aromatic N) is 1. The third kappa shape index (κ3) is 5.25. The summed E-state index contributed by atoms with van der Waals surface area (Å²) in [6.07, 6.45) is 9.46. The minimum Gasteiger partial charge on any atom is -0.466 e. The second-order valence-electron chi connectivity index (χ2n) is 6.26. The minimum atomic E-state index is -0.256. The minimum absolute atomic E-state index is 0.0746. The lowest BCUT2D eigenvalue weighted by molar-refractivity contribution is -0.144. The topological polar surface area (TPSA) is 59.8 Å². The van der Waals surface area contributed by atoms with Gasteiger partial charge >= 0.3 is 5.97 Å². The van der Waals surface area contributed by atoms with Gasteiger partial charge in [-0.25, -0.2) is 0 Å². The molecule has 1 heterocycles. The number of rotatable bonds is 7. The lowest BCUT2D eigenvalue weighted by Gasteiger charge is -2.38. The van der Waals surface area contributed by atoms with Crippen LogP contribution in [-0.4, -0.2) is 36.0 Å². The van der Waals surface area contributed by atoms with E-state index in [1.54, 1.807) is 31.4 Å². The van der Waals surface area contributed by atoms with Crippen molar-refractivity contribution in [2.24, 2.45) is 5.92 Å². The molecule has 132 valence electrons. The van der Waals surface area contributed by atoms with Crippen LogP contribution < -0.4 is 0 Å². The van der Waals surface area contributed by atoms with Gasteiger partial charge in [0.2, 0.25) is 5.91 Å². The van der Waals surface area contributed by atoms with E-state index in [0.29, 0.717) is 24.8 Å². The van der Waals surface area contributed by atoms with Crippen LogP contribution in [0.25, 0.3) is 6.08 Å². The second kappa shape index (κ2) is 9.30. The summed E-state index contributed by atoms with van der Waals surface area (Å²) in [5.41, 5.74) is 0. The Hall–Kier alpha value is -2.04. The number of carbonyl (C=O) groups excluding carboxylic acids is 2. The summed E-state index contributed by atoms with van der Waals surface area (Å²) in [5.74, 6) is 0.760. The summed E-state index contributed by atoms with van der Waals surface area (Å²) < 4.78 is 10.2. The van der Waals surface area contributed by atoms with Gasteiger partial charge in [-0.1, -0.05) is 19.8 Å². The number of hydrogen-bond donors (Lipinski definition) is 0. The van der Waals surface area contributed by atoms with Crippen molar-refractivity contribution in [3.05, 3.63) is 30.2 Å². The van der Waals surface area contributed by atoms with Crippen LogP contribution >= 0.6 is 0 Å². The highest BCUT2D eigenvalue weighted by Crippen LogP contribution is 2.28. The second-order valence-corrected chi connectivity index (χ2v) is 6.26. The first-order valence-electron chi connectivity index (χ1n) is 8.79. The Morgan fingerprint density at radius 2 is 2.17 bits per heavy atom. The zero-order chi connectivity index (χ0) is 17.4. The van der Waals surface area contributed by atoms with Crippen LogP contribution in [0.1, 0.15) is 51.7 Å². The van der Waals surface area contributed by atoms with Gasteiger partial charge in [-0.15, -0.1) is 0 Å². The first-order valence-corrected chi connectivity index (χ1v) is 8.79. The van der Waals surface area contributed by atoms with Crippen molar-refractivity contribution in [3.8, 4) is 0 Å². The number of carbonyl (C=O) groups is 2. The first-order chi connectivity index (χ1) is 11.6. The van der Waals surface area contributed by atoms with Crippen LogP contribution in [0.2, 0.25) is 0 Å². The summed E-state index contributed by atoms with van der Waals surface area (Å²) in [5, 5.41) is 0. The van der Waals surface area contributed by atoms with E-state index in [1.807, 2.05) is 4.90 Å². The third-order valence-electron chi connectivity index (χ3n) is 4.55. The lowest BCUT2D eigenvalue weighted by Crippen LogP contribution is -2.45. The van der Waals surface area contributed by atoms with Crippen LogP contribution in [0.5, 0.6) is 0 Å². The molecule has 0 saturated heterocycles. The van der Waals surface area contributed by atoms with Crippen LogP contribution in [0.3, 0.4) is 0 Å². The third-order valence-corrected chi connectivity index (χ3v) is 4.55. The molecule has 0 N–H and O–H groups in total. The monoisotopic (exact) mass is 333 g/mol. The molecule has 0 bridgehead atoms. The van der Waals surface area contributed by atoms with Crippen molar-refractivity contribution in [3.63, 3.8) is 0 Å². The maximum atomic E-state index is 12.7. The molecule has 2 atom stereocenters. The Bertz CT molecular complexity index is 550. The van der Waals surface area contributed by atoms with Gasteiger partial charge in [-0.05, 0) is 43.9 Å². The molecule has 1 aliphatic rings. The van der Waals surface area contributed by atoms with E-state index in [0.717, 1.165) is 19.3 Å². The molecular formula is C19H27NO4. The molecular weight excluding hydrogens is 306 g/mol. The summed E-state index contributed by atoms with van der Waals surface area (Å²) >= 11 is 0. The fourth-order valence-electron chi connectivity index (χ4n) is 3.28. The maximum absolute atomic E-state index is 12.7. The van der Waals surface area contributed by atoms with Gasteiger partial charge in [0.05, 0.1) is 19.3 Å². The average molecular weight is 333 g/mol. The Labute approximate surface area is 143 Å². The molecule has 1 aliphatic carbocycles. The predicted molar refractivity (Wildman–Crippen MR) is 92.1 cm³/mol. The van der Waals surface area contributed by atoms with Crippen molar-refractivity contribution in [1.82, 2.24) is 4.90 Å². The molecule has 1 fully saturated rings. The summed E-state index contributed by atoms with van der Waals surface area (Å²) in [7, 11) is 0. The van der Waals surface area contributed by atoms with Crippen molar-refractivity contribution in [2.75, 3.05) is 13.2 Å². The number of hydrogen-bond acceptors (Lipinski definition) is 4. The maximum Gasteiger partial charge on any atom is 0.307 e. The Morgan fingerprint density at radius 3 is 2.83 bits per heavy atom. The average Bonchev–Trinajstić information content (AvgIpc) is 3.08. The highest BCUT2D eigenvalue weighted by Gasteiger charge is 2.29. The van der Waals surface area contributed by atoms with E-state index < -0.39 is 0 Å². The number of furan rings is 1. The van der Waals surface area contributed by atoms with Gasteiger partial charge in [0.25, 0.3) is 0 Å². The van der Waals surface area contributed by atoms with Crippen LogP contribution in [0, 0.1) is 5.92 Å². The van der Waals surface area contributed by atoms with Crippen LogP contribution in [-0.2, 0) is 14.3 Å². The molecule has 5 heteroatoms. The predicted octanol–water partition coefficient (Wildman–Crippen LogP) is 3.65. The van der Waals surface area contributed by atoms with Crippen molar-refractivity contribution >= 4 is 18.0 Å². The van der Waals surface area contributed by atoms with E-state index in [-0.39, 0.29) is 24.3 Å². The molecule has 0 radical (unpaired) electrons. The van der Waals surface area contributed by atoms with E-state index in [1.165, 1.54) is 12.5 Å². The normalized spacial score (nSPS) is 20.9. The molecule has 5 nitrogen and oxygen atoms in total.